The van der Waals surface area contributed by atoms with Crippen LogP contribution in [0.5, 0.6) is 0 Å². The molecule has 0 aliphatic carbocycles. The molecule has 1 N–H and O–H groups in total. The Morgan fingerprint density at radius 3 is 2.53 bits per heavy atom. The first-order chi connectivity index (χ1) is 7.72. The van der Waals surface area contributed by atoms with Crippen molar-refractivity contribution in [1.29, 1.82) is 0 Å². The number of hydrogen-bond acceptors (Lipinski definition) is 4. The molecule has 0 bridgehead atoms. The van der Waals surface area contributed by atoms with Crippen LogP contribution in [0.3, 0.4) is 0 Å². The number of nitro groups is 1. The fourth-order valence-electron chi connectivity index (χ4n) is 1.95. The summed E-state index contributed by atoms with van der Waals surface area (Å²) >= 11 is 0. The maximum atomic E-state index is 11.0. The molecule has 0 unspecified atom stereocenters. The lowest BCUT2D eigenvalue weighted by Gasteiger charge is -2.28. The molecule has 0 aromatic heterocycles. The molecule has 0 spiro atoms. The van der Waals surface area contributed by atoms with Crippen LogP contribution in [-0.4, -0.2) is 29.2 Å². The number of hydrogen-bond donors (Lipinski definition) is 1. The van der Waals surface area contributed by atoms with E-state index in [0.717, 1.165) is 5.56 Å². The van der Waals surface area contributed by atoms with Gasteiger partial charge in [0.05, 0.1) is 10.5 Å². The van der Waals surface area contributed by atoms with Crippen LogP contribution in [0, 0.1) is 17.0 Å². The zero-order valence-corrected chi connectivity index (χ0v) is 10.6. The summed E-state index contributed by atoms with van der Waals surface area (Å²) in [6, 6.07) is 4.96. The average molecular weight is 238 g/mol. The summed E-state index contributed by atoms with van der Waals surface area (Å²) in [6.07, 6.45) is 0. The highest BCUT2D eigenvalue weighted by atomic mass is 16.6. The van der Waals surface area contributed by atoms with E-state index >= 15 is 0 Å². The van der Waals surface area contributed by atoms with Gasteiger partial charge in [0, 0.05) is 19.7 Å². The molecule has 1 aromatic carbocycles. The summed E-state index contributed by atoms with van der Waals surface area (Å²) in [6.45, 7) is 5.50. The maximum absolute atomic E-state index is 11.0. The van der Waals surface area contributed by atoms with Gasteiger partial charge < -0.3 is 10.0 Å². The lowest BCUT2D eigenvalue weighted by molar-refractivity contribution is -0.384. The van der Waals surface area contributed by atoms with Crippen LogP contribution >= 0.6 is 0 Å². The second-order valence-electron chi connectivity index (χ2n) is 4.87. The number of nitro benzene ring substituents is 1. The Bertz CT molecular complexity index is 424. The van der Waals surface area contributed by atoms with Gasteiger partial charge in [-0.05, 0) is 26.3 Å². The number of rotatable bonds is 4. The van der Waals surface area contributed by atoms with Crippen molar-refractivity contribution in [2.24, 2.45) is 0 Å². The minimum atomic E-state index is -0.898. The van der Waals surface area contributed by atoms with Crippen LogP contribution in [0.15, 0.2) is 18.2 Å². The molecule has 0 aliphatic rings. The highest BCUT2D eigenvalue weighted by molar-refractivity contribution is 5.67. The summed E-state index contributed by atoms with van der Waals surface area (Å²) in [4.78, 5) is 12.3. The normalized spacial score (nSPS) is 11.4. The molecule has 17 heavy (non-hydrogen) atoms. The van der Waals surface area contributed by atoms with Gasteiger partial charge in [-0.25, -0.2) is 0 Å². The van der Waals surface area contributed by atoms with Crippen molar-refractivity contribution < 1.29 is 10.0 Å². The van der Waals surface area contributed by atoms with E-state index in [9.17, 15) is 15.2 Å². The molecule has 5 heteroatoms. The number of anilines is 1. The Morgan fingerprint density at radius 1 is 1.47 bits per heavy atom. The molecule has 0 atom stereocenters. The van der Waals surface area contributed by atoms with E-state index in [1.54, 1.807) is 31.9 Å². The molecule has 0 saturated heterocycles. The maximum Gasteiger partial charge on any atom is 0.292 e. The lowest BCUT2D eigenvalue weighted by Crippen LogP contribution is -2.36. The third-order valence-electron chi connectivity index (χ3n) is 2.42. The Hall–Kier alpha value is -1.62. The van der Waals surface area contributed by atoms with Gasteiger partial charge in [-0.3, -0.25) is 10.1 Å². The fraction of sp³-hybridized carbons (Fsp3) is 0.500. The van der Waals surface area contributed by atoms with E-state index in [-0.39, 0.29) is 5.69 Å². The van der Waals surface area contributed by atoms with E-state index in [0.29, 0.717) is 12.2 Å². The summed E-state index contributed by atoms with van der Waals surface area (Å²) in [5, 5.41) is 20.7. The van der Waals surface area contributed by atoms with Crippen LogP contribution in [0.25, 0.3) is 0 Å². The van der Waals surface area contributed by atoms with Crippen molar-refractivity contribution in [2.75, 3.05) is 18.5 Å². The van der Waals surface area contributed by atoms with Crippen LogP contribution in [0.2, 0.25) is 0 Å². The molecular weight excluding hydrogens is 220 g/mol. The Morgan fingerprint density at radius 2 is 2.06 bits per heavy atom. The first kappa shape index (κ1) is 13.4. The van der Waals surface area contributed by atoms with Crippen molar-refractivity contribution in [2.45, 2.75) is 26.4 Å². The standard InChI is InChI=1S/C12H18N2O3/c1-9-6-5-7-10(14(16)17)11(9)13(4)8-12(2,3)15/h5-7,15H,8H2,1-4H3. The topological polar surface area (TPSA) is 66.6 Å². The van der Waals surface area contributed by atoms with E-state index in [1.165, 1.54) is 6.07 Å². The zero-order chi connectivity index (χ0) is 13.2. The fourth-order valence-corrected chi connectivity index (χ4v) is 1.95. The summed E-state index contributed by atoms with van der Waals surface area (Å²) in [5.41, 5.74) is 0.549. The van der Waals surface area contributed by atoms with Crippen LogP contribution in [0.1, 0.15) is 19.4 Å². The number of para-hydroxylation sites is 1. The molecule has 1 rings (SSSR count). The second kappa shape index (κ2) is 4.71. The van der Waals surface area contributed by atoms with Crippen molar-refractivity contribution in [1.82, 2.24) is 0 Å². The van der Waals surface area contributed by atoms with Gasteiger partial charge in [0.2, 0.25) is 0 Å². The highest BCUT2D eigenvalue weighted by Gasteiger charge is 2.23. The Labute approximate surface area is 101 Å². The second-order valence-corrected chi connectivity index (χ2v) is 4.87. The molecule has 5 nitrogen and oxygen atoms in total. The van der Waals surface area contributed by atoms with Gasteiger partial charge in [-0.15, -0.1) is 0 Å². The van der Waals surface area contributed by atoms with Gasteiger partial charge in [0.1, 0.15) is 5.69 Å². The average Bonchev–Trinajstić information content (AvgIpc) is 2.13. The molecule has 0 radical (unpaired) electrons. The van der Waals surface area contributed by atoms with Crippen molar-refractivity contribution in [3.05, 3.63) is 33.9 Å². The Balaban J connectivity index is 3.16. The molecular formula is C12H18N2O3. The van der Waals surface area contributed by atoms with Crippen molar-refractivity contribution >= 4 is 11.4 Å². The van der Waals surface area contributed by atoms with Gasteiger partial charge in [0.15, 0.2) is 0 Å². The van der Waals surface area contributed by atoms with Crippen LogP contribution in [0.4, 0.5) is 11.4 Å². The molecule has 94 valence electrons. The van der Waals surface area contributed by atoms with Gasteiger partial charge in [0.25, 0.3) is 5.69 Å². The third kappa shape index (κ3) is 3.42. The Kier molecular flexibility index (Phi) is 3.72. The number of aryl methyl sites for hydroxylation is 1. The van der Waals surface area contributed by atoms with E-state index in [2.05, 4.69) is 0 Å². The molecule has 0 heterocycles. The number of nitrogens with zero attached hydrogens (tertiary/aromatic N) is 2. The minimum Gasteiger partial charge on any atom is -0.389 e. The summed E-state index contributed by atoms with van der Waals surface area (Å²) in [5.74, 6) is 0. The van der Waals surface area contributed by atoms with E-state index in [1.807, 2.05) is 13.0 Å². The summed E-state index contributed by atoms with van der Waals surface area (Å²) in [7, 11) is 1.74. The van der Waals surface area contributed by atoms with Gasteiger partial charge >= 0.3 is 0 Å². The van der Waals surface area contributed by atoms with Crippen molar-refractivity contribution in [3.63, 3.8) is 0 Å². The van der Waals surface area contributed by atoms with E-state index < -0.39 is 10.5 Å². The third-order valence-corrected chi connectivity index (χ3v) is 2.42. The first-order valence-electron chi connectivity index (χ1n) is 5.40. The molecule has 0 aliphatic heterocycles. The molecule has 0 amide bonds. The van der Waals surface area contributed by atoms with Gasteiger partial charge in [-0.1, -0.05) is 12.1 Å². The van der Waals surface area contributed by atoms with Crippen LogP contribution in [-0.2, 0) is 0 Å². The van der Waals surface area contributed by atoms with E-state index in [4.69, 9.17) is 0 Å². The van der Waals surface area contributed by atoms with Crippen molar-refractivity contribution in [3.8, 4) is 0 Å². The quantitative estimate of drug-likeness (QED) is 0.644. The van der Waals surface area contributed by atoms with Gasteiger partial charge in [-0.2, -0.15) is 0 Å². The monoisotopic (exact) mass is 238 g/mol. The zero-order valence-electron chi connectivity index (χ0n) is 10.6. The predicted molar refractivity (Wildman–Crippen MR) is 67.4 cm³/mol. The molecule has 1 aromatic rings. The summed E-state index contributed by atoms with van der Waals surface area (Å²) < 4.78 is 0. The number of likely N-dealkylation sites (N-methyl/N-ethyl adjacent to an activating group) is 1. The largest absolute Gasteiger partial charge is 0.389 e. The molecule has 0 saturated carbocycles. The minimum absolute atomic E-state index is 0.0664. The highest BCUT2D eigenvalue weighted by Crippen LogP contribution is 2.31. The molecule has 0 fully saturated rings. The van der Waals surface area contributed by atoms with Crippen LogP contribution < -0.4 is 4.90 Å². The number of aliphatic hydroxyl groups is 1. The lowest BCUT2D eigenvalue weighted by atomic mass is 10.1. The predicted octanol–water partition coefficient (Wildman–Crippen LogP) is 2.11. The smallest absolute Gasteiger partial charge is 0.292 e. The SMILES string of the molecule is Cc1cccc([N+](=O)[O-])c1N(C)CC(C)(C)O. The number of benzene rings is 1. The first-order valence-corrected chi connectivity index (χ1v) is 5.40.